The van der Waals surface area contributed by atoms with Crippen molar-refractivity contribution in [1.82, 2.24) is 5.32 Å². The highest BCUT2D eigenvalue weighted by atomic mass is 19.4. The molecule has 0 radical (unpaired) electrons. The number of hydrogen-bond acceptors (Lipinski definition) is 3. The maximum atomic E-state index is 12.7. The second-order valence-corrected chi connectivity index (χ2v) is 6.70. The summed E-state index contributed by atoms with van der Waals surface area (Å²) in [6.07, 6.45) is -4.35. The van der Waals surface area contributed by atoms with Gasteiger partial charge in [0.2, 0.25) is 11.8 Å². The van der Waals surface area contributed by atoms with E-state index in [9.17, 15) is 22.8 Å². The van der Waals surface area contributed by atoms with Gasteiger partial charge in [-0.05, 0) is 42.5 Å². The molecule has 1 N–H and O–H groups in total. The number of alkyl halides is 3. The molecule has 2 amide bonds. The number of carbonyl (C=O) groups excluding carboxylic acids is 2. The molecule has 1 fully saturated rings. The van der Waals surface area contributed by atoms with Crippen molar-refractivity contribution >= 4 is 17.5 Å². The van der Waals surface area contributed by atoms with E-state index in [2.05, 4.69) is 17.2 Å². The zero-order valence-electron chi connectivity index (χ0n) is 16.1. The predicted molar refractivity (Wildman–Crippen MR) is 105 cm³/mol. The Hall–Kier alpha value is -3.47. The van der Waals surface area contributed by atoms with Crippen LogP contribution in [0.15, 0.2) is 48.5 Å². The molecule has 1 heterocycles. The molecule has 0 aliphatic carbocycles. The molecule has 2 aromatic rings. The van der Waals surface area contributed by atoms with Crippen molar-refractivity contribution in [3.63, 3.8) is 0 Å². The van der Waals surface area contributed by atoms with E-state index in [-0.39, 0.29) is 36.9 Å². The molecule has 8 heteroatoms. The number of carbonyl (C=O) groups is 2. The second-order valence-electron chi connectivity index (χ2n) is 6.70. The number of nitrogens with one attached hydrogen (secondary N) is 1. The number of methoxy groups -OCH3 is 1. The van der Waals surface area contributed by atoms with Gasteiger partial charge in [-0.15, -0.1) is 0 Å². The van der Waals surface area contributed by atoms with E-state index in [0.717, 1.165) is 12.1 Å². The maximum Gasteiger partial charge on any atom is 0.416 e. The average molecular weight is 416 g/mol. The van der Waals surface area contributed by atoms with Crippen molar-refractivity contribution < 1.29 is 27.5 Å². The van der Waals surface area contributed by atoms with E-state index < -0.39 is 17.7 Å². The van der Waals surface area contributed by atoms with Crippen LogP contribution in [-0.2, 0) is 15.8 Å². The normalized spacial score (nSPS) is 16.1. The standard InChI is InChI=1S/C22H19F3N2O3/c1-30-19-9-7-18(8-10-19)27-14-16(13-20(27)28)21(29)26-11-3-5-15-4-2-6-17(12-15)22(23,24)25/h2,4,6-10,12,16H,11,13-14H2,1H3,(H,26,29). The van der Waals surface area contributed by atoms with Gasteiger partial charge in [-0.3, -0.25) is 9.59 Å². The summed E-state index contributed by atoms with van der Waals surface area (Å²) in [5, 5.41) is 2.62. The minimum absolute atomic E-state index is 0.0255. The molecule has 1 unspecified atom stereocenters. The molecule has 0 bridgehead atoms. The number of amides is 2. The van der Waals surface area contributed by atoms with Crippen LogP contribution < -0.4 is 15.0 Å². The third-order valence-electron chi connectivity index (χ3n) is 4.65. The van der Waals surface area contributed by atoms with Gasteiger partial charge in [0, 0.05) is 24.2 Å². The van der Waals surface area contributed by atoms with E-state index in [4.69, 9.17) is 4.74 Å². The number of ether oxygens (including phenoxy) is 1. The zero-order chi connectivity index (χ0) is 21.7. The predicted octanol–water partition coefficient (Wildman–Crippen LogP) is 3.23. The van der Waals surface area contributed by atoms with Crippen LogP contribution in [0, 0.1) is 17.8 Å². The van der Waals surface area contributed by atoms with Crippen molar-refractivity contribution in [2.75, 3.05) is 25.1 Å². The Balaban J connectivity index is 1.55. The molecule has 0 aromatic heterocycles. The molecule has 5 nitrogen and oxygen atoms in total. The van der Waals surface area contributed by atoms with Gasteiger partial charge in [0.05, 0.1) is 25.1 Å². The van der Waals surface area contributed by atoms with Crippen LogP contribution in [0.25, 0.3) is 0 Å². The third kappa shape index (κ3) is 5.11. The van der Waals surface area contributed by atoms with Crippen molar-refractivity contribution in [2.24, 2.45) is 5.92 Å². The quantitative estimate of drug-likeness (QED) is 0.779. The maximum absolute atomic E-state index is 12.7. The number of hydrogen-bond donors (Lipinski definition) is 1. The minimum Gasteiger partial charge on any atom is -0.497 e. The largest absolute Gasteiger partial charge is 0.497 e. The van der Waals surface area contributed by atoms with E-state index in [1.807, 2.05) is 0 Å². The summed E-state index contributed by atoms with van der Waals surface area (Å²) < 4.78 is 43.2. The van der Waals surface area contributed by atoms with Crippen molar-refractivity contribution in [2.45, 2.75) is 12.6 Å². The van der Waals surface area contributed by atoms with Crippen LogP contribution >= 0.6 is 0 Å². The fourth-order valence-electron chi connectivity index (χ4n) is 3.09. The SMILES string of the molecule is COc1ccc(N2CC(C(=O)NCC#Cc3cccc(C(F)(F)F)c3)CC2=O)cc1. The molecule has 3 rings (SSSR count). The smallest absolute Gasteiger partial charge is 0.416 e. The second kappa shape index (κ2) is 8.91. The highest BCUT2D eigenvalue weighted by molar-refractivity contribution is 6.00. The number of benzene rings is 2. The fraction of sp³-hybridized carbons (Fsp3) is 0.273. The van der Waals surface area contributed by atoms with Crippen LogP contribution in [0.5, 0.6) is 5.75 Å². The molecule has 0 spiro atoms. The summed E-state index contributed by atoms with van der Waals surface area (Å²) >= 11 is 0. The third-order valence-corrected chi connectivity index (χ3v) is 4.65. The van der Waals surface area contributed by atoms with Gasteiger partial charge in [-0.25, -0.2) is 0 Å². The lowest BCUT2D eigenvalue weighted by atomic mass is 10.1. The molecule has 2 aromatic carbocycles. The topological polar surface area (TPSA) is 58.6 Å². The fourth-order valence-corrected chi connectivity index (χ4v) is 3.09. The molecule has 1 aliphatic rings. The van der Waals surface area contributed by atoms with E-state index in [0.29, 0.717) is 11.4 Å². The molecule has 1 saturated heterocycles. The number of rotatable bonds is 4. The van der Waals surface area contributed by atoms with E-state index in [1.54, 1.807) is 31.4 Å². The lowest BCUT2D eigenvalue weighted by molar-refractivity contribution is -0.137. The summed E-state index contributed by atoms with van der Waals surface area (Å²) in [6, 6.07) is 11.6. The van der Waals surface area contributed by atoms with Crippen molar-refractivity contribution in [3.05, 3.63) is 59.7 Å². The Morgan fingerprint density at radius 2 is 1.97 bits per heavy atom. The van der Waals surface area contributed by atoms with Crippen LogP contribution in [-0.4, -0.2) is 32.0 Å². The highest BCUT2D eigenvalue weighted by Crippen LogP contribution is 2.29. The Morgan fingerprint density at radius 3 is 2.63 bits per heavy atom. The van der Waals surface area contributed by atoms with E-state index in [1.165, 1.54) is 17.0 Å². The van der Waals surface area contributed by atoms with Gasteiger partial charge in [0.25, 0.3) is 0 Å². The van der Waals surface area contributed by atoms with E-state index >= 15 is 0 Å². The Kier molecular flexibility index (Phi) is 6.31. The molecular formula is C22H19F3N2O3. The Bertz CT molecular complexity index is 991. The van der Waals surface area contributed by atoms with Gasteiger partial charge in [0.1, 0.15) is 5.75 Å². The van der Waals surface area contributed by atoms with Crippen LogP contribution in [0.4, 0.5) is 18.9 Å². The summed E-state index contributed by atoms with van der Waals surface area (Å²) in [4.78, 5) is 26.1. The molecule has 1 atom stereocenters. The lowest BCUT2D eigenvalue weighted by Gasteiger charge is -2.16. The summed E-state index contributed by atoms with van der Waals surface area (Å²) in [7, 11) is 1.55. The molecule has 30 heavy (non-hydrogen) atoms. The molecular weight excluding hydrogens is 397 g/mol. The first-order chi connectivity index (χ1) is 14.3. The van der Waals surface area contributed by atoms with Crippen molar-refractivity contribution in [3.8, 4) is 17.6 Å². The van der Waals surface area contributed by atoms with Crippen molar-refractivity contribution in [1.29, 1.82) is 0 Å². The first kappa shape index (κ1) is 21.2. The Morgan fingerprint density at radius 1 is 1.23 bits per heavy atom. The van der Waals surface area contributed by atoms with Crippen LogP contribution in [0.1, 0.15) is 17.5 Å². The number of nitrogens with zero attached hydrogens (tertiary/aromatic N) is 1. The monoisotopic (exact) mass is 416 g/mol. The molecule has 156 valence electrons. The minimum atomic E-state index is -4.43. The number of anilines is 1. The van der Waals surface area contributed by atoms with Crippen LogP contribution in [0.3, 0.4) is 0 Å². The van der Waals surface area contributed by atoms with Crippen LogP contribution in [0.2, 0.25) is 0 Å². The number of halogens is 3. The van der Waals surface area contributed by atoms with Gasteiger partial charge < -0.3 is 15.0 Å². The first-order valence-electron chi connectivity index (χ1n) is 9.16. The van der Waals surface area contributed by atoms with Gasteiger partial charge >= 0.3 is 6.18 Å². The average Bonchev–Trinajstić information content (AvgIpc) is 3.12. The summed E-state index contributed by atoms with van der Waals surface area (Å²) in [5.74, 6) is 4.91. The lowest BCUT2D eigenvalue weighted by Crippen LogP contribution is -2.33. The Labute approximate surface area is 171 Å². The van der Waals surface area contributed by atoms with Gasteiger partial charge in [-0.2, -0.15) is 13.2 Å². The zero-order valence-corrected chi connectivity index (χ0v) is 16.1. The van der Waals surface area contributed by atoms with Gasteiger partial charge in [0.15, 0.2) is 0 Å². The first-order valence-corrected chi connectivity index (χ1v) is 9.16. The molecule has 1 aliphatic heterocycles. The summed E-state index contributed by atoms with van der Waals surface area (Å²) in [6.45, 7) is 0.223. The molecule has 0 saturated carbocycles. The summed E-state index contributed by atoms with van der Waals surface area (Å²) in [5.41, 5.74) is 0.114. The van der Waals surface area contributed by atoms with Gasteiger partial charge in [-0.1, -0.05) is 17.9 Å². The highest BCUT2D eigenvalue weighted by Gasteiger charge is 2.35.